The van der Waals surface area contributed by atoms with E-state index in [0.717, 1.165) is 36.4 Å². The molecule has 0 aliphatic heterocycles. The molecule has 0 radical (unpaired) electrons. The second kappa shape index (κ2) is 24.0. The molecule has 0 bridgehead atoms. The number of nitro benzene ring substituents is 2. The van der Waals surface area contributed by atoms with E-state index in [1.54, 1.807) is 72.8 Å². The molecule has 4 aromatic heterocycles. The summed E-state index contributed by atoms with van der Waals surface area (Å²) in [5, 5.41) is 35.3. The number of halogens is 4. The van der Waals surface area contributed by atoms with E-state index in [4.69, 9.17) is 14.2 Å². The summed E-state index contributed by atoms with van der Waals surface area (Å²) in [7, 11) is 4.02. The zero-order valence-corrected chi connectivity index (χ0v) is 39.9. The Balaban J connectivity index is 0.000000270. The van der Waals surface area contributed by atoms with Crippen molar-refractivity contribution in [3.63, 3.8) is 0 Å². The van der Waals surface area contributed by atoms with Crippen LogP contribution < -0.4 is 28.3 Å². The SMILES string of the molecule is C.C.COC(=O)c1c(-c2cccnc2OC)c2c3ccccc3c(F)cc2n1Cc1cc([N+](=O)[O-])ccc1F.COc1ncccc1-c1c(C(=O)O)n(Cc2cc([N+](=O)[O-])ccc2F)c2cc(F)c3ccccc3c12.[Li+].[OH-]. The molecule has 17 nitrogen and oxygen atoms in total. The molecule has 0 fully saturated rings. The third-order valence-electron chi connectivity index (χ3n) is 12.2. The quantitative estimate of drug-likeness (QED) is 0.0395. The first-order chi connectivity index (χ1) is 35.2. The Bertz CT molecular complexity index is 3930. The summed E-state index contributed by atoms with van der Waals surface area (Å²) in [6, 6.07) is 28.5. The number of carbonyl (C=O) groups is 2. The van der Waals surface area contributed by atoms with Crippen molar-refractivity contribution in [2.45, 2.75) is 27.9 Å². The Kier molecular flexibility index (Phi) is 18.3. The molecule has 10 rings (SSSR count). The summed E-state index contributed by atoms with van der Waals surface area (Å²) in [4.78, 5) is 55.7. The fourth-order valence-electron chi connectivity index (χ4n) is 9.14. The van der Waals surface area contributed by atoms with Crippen LogP contribution in [-0.4, -0.2) is 72.8 Å². The minimum Gasteiger partial charge on any atom is -0.870 e. The summed E-state index contributed by atoms with van der Waals surface area (Å²) in [6.07, 6.45) is 3.01. The summed E-state index contributed by atoms with van der Waals surface area (Å²) in [5.74, 6) is -4.41. The Morgan fingerprint density at radius 1 is 0.571 bits per heavy atom. The van der Waals surface area contributed by atoms with Gasteiger partial charge in [0, 0.05) is 91.6 Å². The van der Waals surface area contributed by atoms with Crippen molar-refractivity contribution in [1.82, 2.24) is 19.1 Å². The van der Waals surface area contributed by atoms with Gasteiger partial charge >= 0.3 is 30.8 Å². The molecule has 0 saturated heterocycles. The Hall–Kier alpha value is -9.16. The number of aromatic carboxylic acids is 1. The number of carboxylic acids is 1. The van der Waals surface area contributed by atoms with Crippen molar-refractivity contribution in [2.75, 3.05) is 21.3 Å². The fraction of sp³-hybridized carbons (Fsp3) is 0.127. The number of ether oxygens (including phenoxy) is 3. The van der Waals surface area contributed by atoms with Crippen LogP contribution in [0.2, 0.25) is 0 Å². The number of pyridine rings is 2. The molecular formula is C55H45F4LiN6O11. The van der Waals surface area contributed by atoms with Crippen LogP contribution in [0.4, 0.5) is 28.9 Å². The number of nitrogens with zero attached hydrogens (tertiary/aromatic N) is 6. The average molecular weight is 1050 g/mol. The molecule has 0 amide bonds. The van der Waals surface area contributed by atoms with Crippen molar-refractivity contribution < 1.29 is 80.7 Å². The second-order valence-electron chi connectivity index (χ2n) is 16.2. The number of esters is 1. The summed E-state index contributed by atoms with van der Waals surface area (Å²) < 4.78 is 78.7. The number of hydrogen-bond acceptors (Lipinski definition) is 12. The first-order valence-corrected chi connectivity index (χ1v) is 21.8. The number of carbonyl (C=O) groups excluding carboxylic acids is 1. The topological polar surface area (TPSA) is 234 Å². The maximum Gasteiger partial charge on any atom is 1.00 e. The molecule has 77 heavy (non-hydrogen) atoms. The van der Waals surface area contributed by atoms with Gasteiger partial charge in [-0.05, 0) is 59.3 Å². The van der Waals surface area contributed by atoms with Gasteiger partial charge in [0.25, 0.3) is 11.4 Å². The summed E-state index contributed by atoms with van der Waals surface area (Å²) in [6.45, 7) is -0.708. The number of hydrogen-bond donors (Lipinski definition) is 1. The van der Waals surface area contributed by atoms with Gasteiger partial charge in [-0.2, -0.15) is 0 Å². The number of methoxy groups -OCH3 is 3. The molecule has 0 aliphatic carbocycles. The van der Waals surface area contributed by atoms with E-state index in [1.165, 1.54) is 55.0 Å². The molecule has 0 unspecified atom stereocenters. The van der Waals surface area contributed by atoms with Crippen LogP contribution in [0.15, 0.2) is 134 Å². The van der Waals surface area contributed by atoms with Crippen LogP contribution in [0.1, 0.15) is 47.0 Å². The number of aromatic nitrogens is 4. The van der Waals surface area contributed by atoms with Gasteiger partial charge in [-0.25, -0.2) is 37.1 Å². The molecule has 6 aromatic carbocycles. The second-order valence-corrected chi connectivity index (χ2v) is 16.2. The number of nitro groups is 2. The molecule has 4 heterocycles. The standard InChI is InChI=1S/C27H19F2N3O5.C26H17F2N3O5.2CH4.Li.H2O/c1-36-26-19(8-5-11-30-26)24-23-18-7-4-3-6-17(18)21(29)13-22(23)31(25(24)27(33)37-2)14-15-12-16(32(34)35)9-10-20(15)28;1-36-25-18(7-4-10-29-25)23-22-17-6-3-2-5-16(17)20(28)12-21(22)30(24(23)26(32)33)13-14-11-15(31(34)35)8-9-19(14)27;;;;/h3-13H,14H2,1-2H3;2-12H,13H2,1H3,(H,32,33);2*1H4;;1H2/q;;;;+1;/p-1. The van der Waals surface area contributed by atoms with E-state index in [-0.39, 0.29) is 113 Å². The Morgan fingerprint density at radius 3 is 1.34 bits per heavy atom. The number of benzene rings is 6. The third kappa shape index (κ3) is 10.6. The molecule has 2 N–H and O–H groups in total. The van der Waals surface area contributed by atoms with Gasteiger partial charge in [0.05, 0.1) is 55.3 Å². The molecular weight excluding hydrogens is 1000 g/mol. The predicted octanol–water partition coefficient (Wildman–Crippen LogP) is 9.78. The zero-order chi connectivity index (χ0) is 51.8. The molecule has 0 aliphatic rings. The van der Waals surface area contributed by atoms with Gasteiger partial charge in [0.15, 0.2) is 0 Å². The zero-order valence-electron chi connectivity index (χ0n) is 39.9. The first-order valence-electron chi connectivity index (χ1n) is 21.8. The largest absolute Gasteiger partial charge is 1.00 e. The Labute approximate surface area is 447 Å². The van der Waals surface area contributed by atoms with Crippen LogP contribution in [0, 0.1) is 43.5 Å². The maximum atomic E-state index is 15.3. The first kappa shape index (κ1) is 58.7. The minimum absolute atomic E-state index is 0. The van der Waals surface area contributed by atoms with E-state index in [9.17, 15) is 43.7 Å². The van der Waals surface area contributed by atoms with Crippen LogP contribution in [0.3, 0.4) is 0 Å². The molecule has 22 heteroatoms. The van der Waals surface area contributed by atoms with Crippen molar-refractivity contribution in [3.05, 3.63) is 200 Å². The van der Waals surface area contributed by atoms with E-state index in [1.807, 2.05) is 0 Å². The smallest absolute Gasteiger partial charge is 0.870 e. The van der Waals surface area contributed by atoms with Crippen LogP contribution >= 0.6 is 0 Å². The number of rotatable bonds is 12. The van der Waals surface area contributed by atoms with E-state index in [0.29, 0.717) is 43.6 Å². The van der Waals surface area contributed by atoms with Gasteiger partial charge < -0.3 is 33.9 Å². The third-order valence-corrected chi connectivity index (χ3v) is 12.2. The van der Waals surface area contributed by atoms with E-state index >= 15 is 8.78 Å². The monoisotopic (exact) mass is 1050 g/mol. The van der Waals surface area contributed by atoms with Crippen LogP contribution in [0.25, 0.3) is 65.6 Å². The van der Waals surface area contributed by atoms with Gasteiger partial charge in [0.2, 0.25) is 11.8 Å². The van der Waals surface area contributed by atoms with Crippen molar-refractivity contribution in [2.24, 2.45) is 0 Å². The van der Waals surface area contributed by atoms with Crippen molar-refractivity contribution >= 4 is 66.7 Å². The van der Waals surface area contributed by atoms with Gasteiger partial charge in [-0.1, -0.05) is 63.4 Å². The average Bonchev–Trinajstić information content (AvgIpc) is 3.92. The van der Waals surface area contributed by atoms with Crippen molar-refractivity contribution in [3.8, 4) is 34.0 Å². The molecule has 0 saturated carbocycles. The fourth-order valence-corrected chi connectivity index (χ4v) is 9.14. The maximum absolute atomic E-state index is 15.3. The van der Waals surface area contributed by atoms with Crippen molar-refractivity contribution in [1.29, 1.82) is 0 Å². The molecule has 0 atom stereocenters. The van der Waals surface area contributed by atoms with Crippen LogP contribution in [-0.2, 0) is 17.8 Å². The normalized spacial score (nSPS) is 10.6. The Morgan fingerprint density at radius 2 is 0.961 bits per heavy atom. The molecule has 10 aromatic rings. The van der Waals surface area contributed by atoms with E-state index in [2.05, 4.69) is 9.97 Å². The van der Waals surface area contributed by atoms with Gasteiger partial charge in [0.1, 0.15) is 34.7 Å². The molecule has 0 spiro atoms. The summed E-state index contributed by atoms with van der Waals surface area (Å²) >= 11 is 0. The number of non-ortho nitro benzene ring substituents is 2. The predicted molar refractivity (Wildman–Crippen MR) is 276 cm³/mol. The van der Waals surface area contributed by atoms with Gasteiger partial charge in [-0.15, -0.1) is 0 Å². The minimum atomic E-state index is -1.36. The van der Waals surface area contributed by atoms with Crippen LogP contribution in [0.5, 0.6) is 11.8 Å². The van der Waals surface area contributed by atoms with Gasteiger partial charge in [-0.3, -0.25) is 20.2 Å². The molecule has 390 valence electrons. The van der Waals surface area contributed by atoms with E-state index < -0.39 is 51.6 Å². The number of fused-ring (bicyclic) bond motifs is 6. The summed E-state index contributed by atoms with van der Waals surface area (Å²) in [5.41, 5.74) is 0.656. The number of carboxylic acid groups (broad SMARTS) is 1.